The molecule has 15 heteroatoms. The molecule has 3 aromatic rings. The number of rotatable bonds is 6. The van der Waals surface area contributed by atoms with E-state index in [0.717, 1.165) is 42.8 Å². The first-order chi connectivity index (χ1) is 21.0. The number of hydrogen-bond acceptors (Lipinski definition) is 5. The highest BCUT2D eigenvalue weighted by Gasteiger charge is 2.38. The Morgan fingerprint density at radius 2 is 1.80 bits per heavy atom. The quantitative estimate of drug-likeness (QED) is 0.395. The van der Waals surface area contributed by atoms with Crippen LogP contribution in [-0.4, -0.2) is 79.2 Å². The third kappa shape index (κ3) is 6.52. The summed E-state index contributed by atoms with van der Waals surface area (Å²) in [6, 6.07) is 4.50. The third-order valence-electron chi connectivity index (χ3n) is 7.74. The molecule has 1 aliphatic heterocycles. The number of benzene rings is 1. The van der Waals surface area contributed by atoms with Crippen LogP contribution in [-0.2, 0) is 19.8 Å². The van der Waals surface area contributed by atoms with Crippen molar-refractivity contribution >= 4 is 35.1 Å². The van der Waals surface area contributed by atoms with E-state index in [9.17, 15) is 27.6 Å². The molecule has 232 valence electrons. The Morgan fingerprint density at radius 1 is 1.11 bits per heavy atom. The molecule has 3 heterocycles. The minimum Gasteiger partial charge on any atom is -0.335 e. The van der Waals surface area contributed by atoms with E-state index in [0.29, 0.717) is 26.2 Å². The zero-order valence-electron chi connectivity index (χ0n) is 23.8. The first-order valence-corrected chi connectivity index (χ1v) is 14.4. The molecule has 11 nitrogen and oxygen atoms in total. The number of imidazole rings is 1. The second kappa shape index (κ2) is 12.6. The molecule has 2 aliphatic rings. The molecular formula is C29H30ClF3N8O3. The van der Waals surface area contributed by atoms with Gasteiger partial charge in [-0.15, -0.1) is 6.42 Å². The maximum absolute atomic E-state index is 13.6. The van der Waals surface area contributed by atoms with Crippen LogP contribution < -0.4 is 10.6 Å². The van der Waals surface area contributed by atoms with Crippen LogP contribution in [0, 0.1) is 12.3 Å². The Hall–Kier alpha value is -4.51. The van der Waals surface area contributed by atoms with Crippen LogP contribution in [0.4, 0.5) is 23.7 Å². The van der Waals surface area contributed by atoms with Crippen molar-refractivity contribution in [1.29, 1.82) is 0 Å². The molecule has 2 fully saturated rings. The van der Waals surface area contributed by atoms with Crippen molar-refractivity contribution in [1.82, 2.24) is 34.4 Å². The van der Waals surface area contributed by atoms with Gasteiger partial charge in [0, 0.05) is 51.2 Å². The van der Waals surface area contributed by atoms with Crippen LogP contribution in [0.25, 0.3) is 11.3 Å². The standard InChI is InChI=1S/C29H30ClF3N8O3/c1-3-10-41-17-21(24(37-41)29(31,32)33)23-16-34-25(38(23)2)26(42)35-19-8-9-20(22(30)15-19)27(43)39-11-13-40(14-12-39)28(44)36-18-6-4-5-7-18/h1,8-9,15-18H,4-7,10-14H2,2H3,(H,35,42)(H,36,44). The number of urea groups is 1. The van der Waals surface area contributed by atoms with Gasteiger partial charge in [0.1, 0.15) is 6.54 Å². The number of hydrogen-bond donors (Lipinski definition) is 2. The molecule has 0 atom stereocenters. The first-order valence-electron chi connectivity index (χ1n) is 14.0. The predicted molar refractivity (Wildman–Crippen MR) is 156 cm³/mol. The van der Waals surface area contributed by atoms with Crippen LogP contribution in [0.2, 0.25) is 5.02 Å². The highest BCUT2D eigenvalue weighted by atomic mass is 35.5. The monoisotopic (exact) mass is 630 g/mol. The lowest BCUT2D eigenvalue weighted by Gasteiger charge is -2.35. The summed E-state index contributed by atoms with van der Waals surface area (Å²) in [4.78, 5) is 46.1. The van der Waals surface area contributed by atoms with Crippen molar-refractivity contribution in [3.8, 4) is 23.6 Å². The topological polar surface area (TPSA) is 117 Å². The maximum Gasteiger partial charge on any atom is 0.435 e. The summed E-state index contributed by atoms with van der Waals surface area (Å²) < 4.78 is 43.1. The molecule has 5 rings (SSSR count). The number of nitrogens with one attached hydrogen (secondary N) is 2. The van der Waals surface area contributed by atoms with Crippen molar-refractivity contribution in [2.75, 3.05) is 31.5 Å². The molecule has 1 saturated heterocycles. The molecule has 1 aliphatic carbocycles. The highest BCUT2D eigenvalue weighted by Crippen LogP contribution is 2.36. The Balaban J connectivity index is 1.23. The lowest BCUT2D eigenvalue weighted by Crippen LogP contribution is -2.54. The van der Waals surface area contributed by atoms with Gasteiger partial charge >= 0.3 is 12.2 Å². The average Bonchev–Trinajstić information content (AvgIpc) is 3.73. The normalized spacial score (nSPS) is 15.7. The first kappa shape index (κ1) is 30.9. The fourth-order valence-electron chi connectivity index (χ4n) is 5.44. The van der Waals surface area contributed by atoms with Crippen LogP contribution >= 0.6 is 11.6 Å². The van der Waals surface area contributed by atoms with Gasteiger partial charge in [-0.25, -0.2) is 9.78 Å². The molecular weight excluding hydrogens is 601 g/mol. The fraction of sp³-hybridized carbons (Fsp3) is 0.414. The number of piperazine rings is 1. The number of halogens is 4. The summed E-state index contributed by atoms with van der Waals surface area (Å²) in [6.07, 6.45) is 6.99. The number of terminal acetylenes is 1. The Kier molecular flexibility index (Phi) is 8.87. The van der Waals surface area contributed by atoms with Gasteiger partial charge in [-0.05, 0) is 31.0 Å². The predicted octanol–water partition coefficient (Wildman–Crippen LogP) is 4.25. The van der Waals surface area contributed by atoms with E-state index >= 15 is 0 Å². The smallest absolute Gasteiger partial charge is 0.335 e. The second-order valence-electron chi connectivity index (χ2n) is 10.7. The van der Waals surface area contributed by atoms with Gasteiger partial charge in [-0.1, -0.05) is 30.4 Å². The Bertz CT molecular complexity index is 1610. The SMILES string of the molecule is C#CCn1cc(-c2cnc(C(=O)Nc3ccc(C(=O)N4CCN(C(=O)NC5CCCC5)CC4)c(Cl)c3)n2C)c(C(F)(F)F)n1. The van der Waals surface area contributed by atoms with E-state index in [1.807, 2.05) is 0 Å². The summed E-state index contributed by atoms with van der Waals surface area (Å²) in [5.74, 6) is 1.07. The van der Waals surface area contributed by atoms with Crippen LogP contribution in [0.5, 0.6) is 0 Å². The molecule has 0 unspecified atom stereocenters. The molecule has 2 aromatic heterocycles. The number of carbonyl (C=O) groups excluding carboxylic acids is 3. The Morgan fingerprint density at radius 3 is 2.43 bits per heavy atom. The van der Waals surface area contributed by atoms with Crippen LogP contribution in [0.1, 0.15) is 52.4 Å². The van der Waals surface area contributed by atoms with Gasteiger partial charge in [0.2, 0.25) is 0 Å². The van der Waals surface area contributed by atoms with Crippen molar-refractivity contribution in [3.05, 3.63) is 52.7 Å². The second-order valence-corrected chi connectivity index (χ2v) is 11.1. The van der Waals surface area contributed by atoms with E-state index in [1.165, 1.54) is 29.8 Å². The minimum absolute atomic E-state index is 0.0147. The Labute approximate surface area is 256 Å². The summed E-state index contributed by atoms with van der Waals surface area (Å²) in [5, 5.41) is 9.33. The molecule has 2 N–H and O–H groups in total. The zero-order valence-corrected chi connectivity index (χ0v) is 24.6. The molecule has 44 heavy (non-hydrogen) atoms. The number of alkyl halides is 3. The summed E-state index contributed by atoms with van der Waals surface area (Å²) in [5.41, 5.74) is -0.920. The van der Waals surface area contributed by atoms with Crippen molar-refractivity contribution < 1.29 is 27.6 Å². The van der Waals surface area contributed by atoms with E-state index in [-0.39, 0.29) is 57.9 Å². The van der Waals surface area contributed by atoms with E-state index in [1.54, 1.807) is 9.80 Å². The number of amides is 4. The fourth-order valence-corrected chi connectivity index (χ4v) is 5.70. The van der Waals surface area contributed by atoms with Gasteiger partial charge < -0.3 is 25.0 Å². The number of carbonyl (C=O) groups is 3. The number of aromatic nitrogens is 4. The highest BCUT2D eigenvalue weighted by molar-refractivity contribution is 6.34. The average molecular weight is 631 g/mol. The zero-order chi connectivity index (χ0) is 31.6. The van der Waals surface area contributed by atoms with Crippen molar-refractivity contribution in [3.63, 3.8) is 0 Å². The molecule has 0 radical (unpaired) electrons. The number of nitrogens with zero attached hydrogens (tertiary/aromatic N) is 6. The lowest BCUT2D eigenvalue weighted by molar-refractivity contribution is -0.141. The molecule has 1 aromatic carbocycles. The van der Waals surface area contributed by atoms with Gasteiger partial charge in [0.25, 0.3) is 11.8 Å². The maximum atomic E-state index is 13.6. The van der Waals surface area contributed by atoms with Gasteiger partial charge in [-0.2, -0.15) is 18.3 Å². The summed E-state index contributed by atoms with van der Waals surface area (Å²) in [7, 11) is 1.41. The van der Waals surface area contributed by atoms with Crippen molar-refractivity contribution in [2.24, 2.45) is 7.05 Å². The lowest BCUT2D eigenvalue weighted by atomic mass is 10.1. The third-order valence-corrected chi connectivity index (χ3v) is 8.06. The summed E-state index contributed by atoms with van der Waals surface area (Å²) >= 11 is 6.43. The van der Waals surface area contributed by atoms with E-state index in [4.69, 9.17) is 18.0 Å². The van der Waals surface area contributed by atoms with Crippen LogP contribution in [0.3, 0.4) is 0 Å². The molecule has 0 spiro atoms. The van der Waals surface area contributed by atoms with Crippen molar-refractivity contribution in [2.45, 2.75) is 44.4 Å². The minimum atomic E-state index is -4.75. The van der Waals surface area contributed by atoms with Crippen LogP contribution in [0.15, 0.2) is 30.6 Å². The summed E-state index contributed by atoms with van der Waals surface area (Å²) in [6.45, 7) is 1.34. The molecule has 0 bridgehead atoms. The number of anilines is 1. The largest absolute Gasteiger partial charge is 0.435 e. The van der Waals surface area contributed by atoms with E-state index in [2.05, 4.69) is 26.6 Å². The van der Waals surface area contributed by atoms with Gasteiger partial charge in [0.15, 0.2) is 11.5 Å². The molecule has 4 amide bonds. The van der Waals surface area contributed by atoms with Gasteiger partial charge in [-0.3, -0.25) is 14.3 Å². The molecule has 1 saturated carbocycles. The van der Waals surface area contributed by atoms with Gasteiger partial charge in [0.05, 0.1) is 28.0 Å². The van der Waals surface area contributed by atoms with E-state index < -0.39 is 17.8 Å².